The Hall–Kier alpha value is -1.43. The van der Waals surface area contributed by atoms with Crippen LogP contribution in [0.1, 0.15) is 23.7 Å². The maximum Gasteiger partial charge on any atom is 0.311 e. The summed E-state index contributed by atoms with van der Waals surface area (Å²) in [5.41, 5.74) is -0.995. The molecule has 19 heavy (non-hydrogen) atoms. The number of carboxylic acid groups (broad SMARTS) is 1. The minimum absolute atomic E-state index is 0.0443. The van der Waals surface area contributed by atoms with Gasteiger partial charge in [0.25, 0.3) is 5.91 Å². The summed E-state index contributed by atoms with van der Waals surface area (Å²) in [5.74, 6) is -2.02. The van der Waals surface area contributed by atoms with E-state index in [2.05, 4.69) is 15.9 Å². The van der Waals surface area contributed by atoms with Gasteiger partial charge in [-0.3, -0.25) is 9.59 Å². The van der Waals surface area contributed by atoms with E-state index in [0.29, 0.717) is 17.4 Å². The minimum Gasteiger partial charge on any atom is -0.481 e. The Balaban J connectivity index is 2.25. The predicted molar refractivity (Wildman–Crippen MR) is 70.4 cm³/mol. The normalized spacial score (nSPS) is 22.6. The van der Waals surface area contributed by atoms with E-state index < -0.39 is 23.1 Å². The van der Waals surface area contributed by atoms with Crippen LogP contribution in [-0.4, -0.2) is 35.0 Å². The zero-order valence-electron chi connectivity index (χ0n) is 10.3. The second-order valence-corrected chi connectivity index (χ2v) is 5.79. The summed E-state index contributed by atoms with van der Waals surface area (Å²) in [6, 6.07) is 4.30. The predicted octanol–water partition coefficient (Wildman–Crippen LogP) is 2.53. The number of nitrogens with zero attached hydrogens (tertiary/aromatic N) is 1. The number of aliphatic carboxylic acids is 1. The van der Waals surface area contributed by atoms with Crippen LogP contribution in [0.2, 0.25) is 0 Å². The summed E-state index contributed by atoms with van der Waals surface area (Å²) in [7, 11) is 0. The Bertz CT molecular complexity index is 528. The molecule has 1 atom stereocenters. The highest BCUT2D eigenvalue weighted by Gasteiger charge is 2.42. The number of amides is 1. The van der Waals surface area contributed by atoms with Crippen LogP contribution in [-0.2, 0) is 4.79 Å². The fourth-order valence-electron chi connectivity index (χ4n) is 2.17. The van der Waals surface area contributed by atoms with E-state index in [9.17, 15) is 14.0 Å². The Kier molecular flexibility index (Phi) is 3.62. The topological polar surface area (TPSA) is 57.6 Å². The summed E-state index contributed by atoms with van der Waals surface area (Å²) >= 11 is 3.15. The van der Waals surface area contributed by atoms with Gasteiger partial charge in [-0.05, 0) is 41.4 Å². The molecule has 1 fully saturated rings. The van der Waals surface area contributed by atoms with Crippen LogP contribution >= 0.6 is 15.9 Å². The highest BCUT2D eigenvalue weighted by atomic mass is 79.9. The molecule has 0 aliphatic carbocycles. The lowest BCUT2D eigenvalue weighted by Crippen LogP contribution is -2.35. The molecular formula is C13H13BrFNO3. The molecule has 1 aromatic carbocycles. The van der Waals surface area contributed by atoms with Crippen molar-refractivity contribution in [3.8, 4) is 0 Å². The zero-order valence-corrected chi connectivity index (χ0v) is 11.9. The highest BCUT2D eigenvalue weighted by molar-refractivity contribution is 9.10. The Morgan fingerprint density at radius 2 is 2.16 bits per heavy atom. The van der Waals surface area contributed by atoms with Gasteiger partial charge in [0.05, 0.1) is 11.0 Å². The summed E-state index contributed by atoms with van der Waals surface area (Å²) in [5, 5.41) is 9.13. The van der Waals surface area contributed by atoms with Gasteiger partial charge in [0.1, 0.15) is 5.82 Å². The van der Waals surface area contributed by atoms with Crippen molar-refractivity contribution in [3.63, 3.8) is 0 Å². The number of rotatable bonds is 2. The van der Waals surface area contributed by atoms with E-state index in [0.717, 1.165) is 0 Å². The van der Waals surface area contributed by atoms with E-state index >= 15 is 0 Å². The van der Waals surface area contributed by atoms with E-state index in [1.54, 1.807) is 13.0 Å². The van der Waals surface area contributed by atoms with Crippen molar-refractivity contribution >= 4 is 27.8 Å². The Labute approximate surface area is 118 Å². The molecule has 1 aliphatic rings. The molecule has 2 rings (SSSR count). The third-order valence-corrected chi connectivity index (χ3v) is 4.11. The number of hydrogen-bond acceptors (Lipinski definition) is 2. The molecule has 1 amide bonds. The highest BCUT2D eigenvalue weighted by Crippen LogP contribution is 2.32. The molecule has 1 aromatic rings. The second kappa shape index (κ2) is 4.92. The van der Waals surface area contributed by atoms with E-state index in [1.807, 2.05) is 0 Å². The average Bonchev–Trinajstić information content (AvgIpc) is 2.73. The van der Waals surface area contributed by atoms with Gasteiger partial charge in [-0.1, -0.05) is 6.07 Å². The second-order valence-electron chi connectivity index (χ2n) is 4.94. The SMILES string of the molecule is CC1(C(=O)O)CCN(C(=O)c2c(F)cccc2Br)C1. The third kappa shape index (κ3) is 2.49. The van der Waals surface area contributed by atoms with Crippen molar-refractivity contribution in [2.24, 2.45) is 5.41 Å². The van der Waals surface area contributed by atoms with Gasteiger partial charge >= 0.3 is 5.97 Å². The number of carboxylic acids is 1. The van der Waals surface area contributed by atoms with Gasteiger partial charge in [-0.2, -0.15) is 0 Å². The number of likely N-dealkylation sites (tertiary alicyclic amines) is 1. The Morgan fingerprint density at radius 3 is 2.68 bits per heavy atom. The lowest BCUT2D eigenvalue weighted by Gasteiger charge is -2.20. The van der Waals surface area contributed by atoms with Gasteiger partial charge < -0.3 is 10.0 Å². The fourth-order valence-corrected chi connectivity index (χ4v) is 2.68. The molecule has 0 bridgehead atoms. The first kappa shape index (κ1) is 14.0. The van der Waals surface area contributed by atoms with E-state index in [1.165, 1.54) is 17.0 Å². The molecule has 4 nitrogen and oxygen atoms in total. The maximum absolute atomic E-state index is 13.7. The summed E-state index contributed by atoms with van der Waals surface area (Å²) < 4.78 is 14.1. The van der Waals surface area contributed by atoms with Crippen LogP contribution in [0.15, 0.2) is 22.7 Å². The largest absolute Gasteiger partial charge is 0.481 e. The molecular weight excluding hydrogens is 317 g/mol. The molecule has 102 valence electrons. The maximum atomic E-state index is 13.7. The Morgan fingerprint density at radius 1 is 1.47 bits per heavy atom. The quantitative estimate of drug-likeness (QED) is 0.907. The molecule has 1 saturated heterocycles. The molecule has 1 N–H and O–H groups in total. The van der Waals surface area contributed by atoms with Crippen molar-refractivity contribution in [3.05, 3.63) is 34.1 Å². The molecule has 6 heteroatoms. The molecule has 0 spiro atoms. The van der Waals surface area contributed by atoms with Crippen molar-refractivity contribution in [1.82, 2.24) is 4.90 Å². The molecule has 1 aliphatic heterocycles. The van der Waals surface area contributed by atoms with Crippen LogP contribution in [0.3, 0.4) is 0 Å². The van der Waals surface area contributed by atoms with Crippen LogP contribution < -0.4 is 0 Å². The van der Waals surface area contributed by atoms with Crippen molar-refractivity contribution in [2.75, 3.05) is 13.1 Å². The number of carbonyl (C=O) groups is 2. The lowest BCUT2D eigenvalue weighted by molar-refractivity contribution is -0.147. The number of hydrogen-bond donors (Lipinski definition) is 1. The lowest BCUT2D eigenvalue weighted by atomic mass is 9.90. The number of carbonyl (C=O) groups excluding carboxylic acids is 1. The molecule has 0 aromatic heterocycles. The monoisotopic (exact) mass is 329 g/mol. The fraction of sp³-hybridized carbons (Fsp3) is 0.385. The summed E-state index contributed by atoms with van der Waals surface area (Å²) in [6.07, 6.45) is 0.375. The van der Waals surface area contributed by atoms with Gasteiger partial charge in [-0.25, -0.2) is 4.39 Å². The number of halogens is 2. The van der Waals surface area contributed by atoms with Crippen molar-refractivity contribution in [2.45, 2.75) is 13.3 Å². The minimum atomic E-state index is -0.951. The van der Waals surface area contributed by atoms with Gasteiger partial charge in [-0.15, -0.1) is 0 Å². The molecule has 0 saturated carbocycles. The van der Waals surface area contributed by atoms with E-state index in [4.69, 9.17) is 5.11 Å². The summed E-state index contributed by atoms with van der Waals surface area (Å²) in [6.45, 7) is 2.02. The zero-order chi connectivity index (χ0) is 14.2. The van der Waals surface area contributed by atoms with E-state index in [-0.39, 0.29) is 12.1 Å². The van der Waals surface area contributed by atoms with Crippen LogP contribution in [0.4, 0.5) is 4.39 Å². The first-order chi connectivity index (χ1) is 8.85. The van der Waals surface area contributed by atoms with Gasteiger partial charge in [0.15, 0.2) is 0 Å². The molecule has 0 radical (unpaired) electrons. The van der Waals surface area contributed by atoms with Gasteiger partial charge in [0, 0.05) is 17.6 Å². The summed E-state index contributed by atoms with van der Waals surface area (Å²) in [4.78, 5) is 24.8. The first-order valence-electron chi connectivity index (χ1n) is 5.82. The van der Waals surface area contributed by atoms with Crippen molar-refractivity contribution < 1.29 is 19.1 Å². The first-order valence-corrected chi connectivity index (χ1v) is 6.61. The standard InChI is InChI=1S/C13H13BrFNO3/c1-13(12(18)19)5-6-16(7-13)11(17)10-8(14)3-2-4-9(10)15/h2-4H,5-7H2,1H3,(H,18,19). The van der Waals surface area contributed by atoms with Crippen LogP contribution in [0.25, 0.3) is 0 Å². The third-order valence-electron chi connectivity index (χ3n) is 3.45. The molecule has 1 heterocycles. The van der Waals surface area contributed by atoms with Crippen LogP contribution in [0, 0.1) is 11.2 Å². The average molecular weight is 330 g/mol. The smallest absolute Gasteiger partial charge is 0.311 e. The number of benzene rings is 1. The molecule has 1 unspecified atom stereocenters. The van der Waals surface area contributed by atoms with Crippen molar-refractivity contribution in [1.29, 1.82) is 0 Å². The van der Waals surface area contributed by atoms with Crippen LogP contribution in [0.5, 0.6) is 0 Å². The van der Waals surface area contributed by atoms with Gasteiger partial charge in [0.2, 0.25) is 0 Å².